The molecule has 12 N–H and O–H groups in total. The molecule has 0 rings (SSSR count). The van der Waals surface area contributed by atoms with Crippen molar-refractivity contribution in [2.75, 3.05) is 0 Å². The predicted octanol–water partition coefficient (Wildman–Crippen LogP) is -1.68. The van der Waals surface area contributed by atoms with Gasteiger partial charge < -0.3 is 54.3 Å². The van der Waals surface area contributed by atoms with Crippen LogP contribution in [-0.2, 0) is 0 Å². The summed E-state index contributed by atoms with van der Waals surface area (Å²) in [6.45, 7) is 0. The number of hydrogen-bond acceptors (Lipinski definition) is 13. The normalized spacial score (nSPS) is 0.900. The van der Waals surface area contributed by atoms with Gasteiger partial charge in [-0.05, 0) is 0 Å². The molecule has 0 aromatic heterocycles. The molecule has 0 bridgehead atoms. The highest BCUT2D eigenvalue weighted by molar-refractivity contribution is 4.08. The van der Waals surface area contributed by atoms with E-state index in [1.165, 1.54) is 0 Å². The van der Waals surface area contributed by atoms with Crippen LogP contribution in [0.25, 0.3) is 0 Å². The first-order valence-corrected chi connectivity index (χ1v) is 0.683. The van der Waals surface area contributed by atoms with Crippen molar-refractivity contribution in [3.05, 3.63) is 29.8 Å². The van der Waals surface area contributed by atoms with Gasteiger partial charge in [0.05, 0.1) is 0 Å². The molecule has 16 heteroatoms. The van der Waals surface area contributed by atoms with E-state index < -0.39 is 0 Å². The van der Waals surface area contributed by atoms with Gasteiger partial charge in [0.1, 0.15) is 0 Å². The molecule has 0 aromatic carbocycles. The monoisotopic (exact) mass is 333 g/mol. The third-order valence-corrected chi connectivity index (χ3v) is 0. The molecule has 20 heavy (non-hydrogen) atoms. The number of rotatable bonds is 0. The summed E-state index contributed by atoms with van der Waals surface area (Å²) in [6.07, 6.45) is 0. The van der Waals surface area contributed by atoms with E-state index in [1.54, 1.807) is 0 Å². The lowest BCUT2D eigenvalue weighted by Gasteiger charge is -1.61. The molecule has 0 saturated heterocycles. The molecular formula is C4H29O16-5. The van der Waals surface area contributed by atoms with Crippen molar-refractivity contribution >= 4 is 0 Å². The Morgan fingerprint density at radius 2 is 0.450 bits per heavy atom. The molecule has 0 aliphatic heterocycles. The van der Waals surface area contributed by atoms with Gasteiger partial charge >= 0.3 is 1.43 Å². The average Bonchev–Trinajstić information content (AvgIpc) is 2.03. The zero-order valence-electron chi connectivity index (χ0n) is 8.04. The maximum Gasteiger partial charge on any atom is 1.00 e. The molecule has 0 fully saturated rings. The smallest absolute Gasteiger partial charge is 0.870 e. The van der Waals surface area contributed by atoms with Crippen molar-refractivity contribution in [3.63, 3.8) is 0 Å². The van der Waals surface area contributed by atoms with Gasteiger partial charge in [-0.3, -0.25) is 0 Å². The maximum absolute atomic E-state index is 7.25. The molecule has 16 nitrogen and oxygen atoms in total. The van der Waals surface area contributed by atoms with Gasteiger partial charge in [-0.15, -0.1) is 0 Å². The summed E-state index contributed by atoms with van der Waals surface area (Å²) in [4.78, 5) is 42.0. The summed E-state index contributed by atoms with van der Waals surface area (Å²) in [5, 5.41) is 13.0. The standard InChI is InChI=1S/4CH4.H2O2.3O2.8H2O/c;;;;4*1-2;;;;;;;;/h4*1H4;1-2H;;;;8*1H2/p-5. The molecule has 0 aromatic rings. The highest BCUT2D eigenvalue weighted by atomic mass is 17.0. The topological polar surface area (TPSA) is 390 Å². The van der Waals surface area contributed by atoms with Crippen molar-refractivity contribution in [2.24, 2.45) is 0 Å². The molecule has 0 amide bonds. The van der Waals surface area contributed by atoms with E-state index >= 15 is 0 Å². The van der Waals surface area contributed by atoms with Crippen LogP contribution in [0.15, 0.2) is 0 Å². The zero-order valence-corrected chi connectivity index (χ0v) is 7.04. The van der Waals surface area contributed by atoms with E-state index in [0.717, 1.165) is 0 Å². The van der Waals surface area contributed by atoms with Crippen LogP contribution in [0, 0.1) is 29.8 Å². The van der Waals surface area contributed by atoms with Crippen molar-refractivity contribution < 1.29 is 55.8 Å². The minimum atomic E-state index is 0. The lowest BCUT2D eigenvalue weighted by Crippen LogP contribution is -1.84. The van der Waals surface area contributed by atoms with Crippen LogP contribution in [0.4, 0.5) is 0 Å². The second kappa shape index (κ2) is 1830. The molecule has 0 unspecified atom stereocenters. The van der Waals surface area contributed by atoms with Crippen LogP contribution < -0.4 is 5.26 Å². The zero-order chi connectivity index (χ0) is 8.00. The Labute approximate surface area is 117 Å². The van der Waals surface area contributed by atoms with E-state index in [1.807, 2.05) is 0 Å². The quantitative estimate of drug-likeness (QED) is 0.382. The first-order chi connectivity index (χ1) is 4.00. The van der Waals surface area contributed by atoms with Crippen molar-refractivity contribution in [3.8, 4) is 0 Å². The fraction of sp³-hybridized carbons (Fsp3) is 1.00. The lowest BCUT2D eigenvalue weighted by molar-refractivity contribution is -0.670. The van der Waals surface area contributed by atoms with E-state index in [-0.39, 0.29) is 74.9 Å². The Bertz CT molecular complexity index is 25.0. The number of hydrogen-bond donors (Lipinski definition) is 1. The van der Waals surface area contributed by atoms with Gasteiger partial charge in [0.2, 0.25) is 0 Å². The minimum absolute atomic E-state index is 0. The van der Waals surface area contributed by atoms with Gasteiger partial charge in [-0.1, -0.05) is 29.7 Å². The summed E-state index contributed by atoms with van der Waals surface area (Å²) >= 11 is 0. The van der Waals surface area contributed by atoms with Crippen LogP contribution in [-0.4, -0.2) is 49.1 Å². The van der Waals surface area contributed by atoms with Crippen LogP contribution in [0.3, 0.4) is 0 Å². The fourth-order valence-corrected chi connectivity index (χ4v) is 0. The van der Waals surface area contributed by atoms with Gasteiger partial charge in [0.25, 0.3) is 0 Å². The molecule has 0 atom stereocenters. The maximum atomic E-state index is 7.25. The van der Waals surface area contributed by atoms with Crippen molar-refractivity contribution in [1.82, 2.24) is 0 Å². The van der Waals surface area contributed by atoms with Gasteiger partial charge in [-0.2, -0.15) is 0 Å². The summed E-state index contributed by atoms with van der Waals surface area (Å²) < 4.78 is 0. The third-order valence-electron chi connectivity index (χ3n) is 0. The molecule has 0 saturated carbocycles. The minimum Gasteiger partial charge on any atom is -0.870 e. The highest BCUT2D eigenvalue weighted by Gasteiger charge is 0.711. The fourth-order valence-electron chi connectivity index (χ4n) is 0. The second-order valence-electron chi connectivity index (χ2n) is 0. The first kappa shape index (κ1) is 967. The van der Waals surface area contributed by atoms with E-state index in [2.05, 4.69) is 0 Å². The lowest BCUT2D eigenvalue weighted by atomic mass is 12.0. The predicted molar refractivity (Wildman–Crippen MR) is 71.4 cm³/mol. The Kier molecular flexibility index (Phi) is 88400. The Balaban J connectivity index is -0.000000000561. The van der Waals surface area contributed by atoms with Gasteiger partial charge in [0, 0.05) is 29.8 Å². The van der Waals surface area contributed by atoms with Crippen molar-refractivity contribution in [2.45, 2.75) is 29.7 Å². The second-order valence-corrected chi connectivity index (χ2v) is 0. The third kappa shape index (κ3) is 1520. The van der Waals surface area contributed by atoms with Gasteiger partial charge in [-0.25, -0.2) is 0 Å². The summed E-state index contributed by atoms with van der Waals surface area (Å²) in [6, 6.07) is 0. The average molecular weight is 333 g/mol. The Hall–Kier alpha value is -1.60. The van der Waals surface area contributed by atoms with Crippen LogP contribution >= 0.6 is 0 Å². The van der Waals surface area contributed by atoms with Crippen molar-refractivity contribution in [1.29, 1.82) is 0 Å². The van der Waals surface area contributed by atoms with E-state index in [9.17, 15) is 0 Å². The summed E-state index contributed by atoms with van der Waals surface area (Å²) in [5.41, 5.74) is 0. The van der Waals surface area contributed by atoms with Crippen LogP contribution in [0.1, 0.15) is 31.1 Å². The molecule has 0 aliphatic rings. The summed E-state index contributed by atoms with van der Waals surface area (Å²) in [7, 11) is 0. The van der Waals surface area contributed by atoms with Gasteiger partial charge in [0.15, 0.2) is 0 Å². The molecule has 0 radical (unpaired) electrons. The SMILES string of the molecule is C.C.C.C.O.O.O.O=O.O=O.O=O.[H+].[O-]O.[OH-].[OH-].[OH-].[OH-].[OH-]. The molecule has 0 spiro atoms. The van der Waals surface area contributed by atoms with Crippen LogP contribution in [0.5, 0.6) is 0 Å². The van der Waals surface area contributed by atoms with Crippen LogP contribution in [0.2, 0.25) is 0 Å². The Morgan fingerprint density at radius 3 is 0.450 bits per heavy atom. The molecular weight excluding hydrogens is 304 g/mol. The molecule has 146 valence electrons. The highest BCUT2D eigenvalue weighted by Crippen LogP contribution is 0.745. The Morgan fingerprint density at radius 1 is 0.450 bits per heavy atom. The first-order valence-electron chi connectivity index (χ1n) is 0.683. The largest absolute Gasteiger partial charge is 1.00 e. The van der Waals surface area contributed by atoms with E-state index in [0.29, 0.717) is 0 Å². The summed E-state index contributed by atoms with van der Waals surface area (Å²) in [5.74, 6) is 0. The molecule has 0 heterocycles. The molecule has 0 aliphatic carbocycles. The van der Waals surface area contributed by atoms with E-state index in [4.69, 9.17) is 40.3 Å².